The van der Waals surface area contributed by atoms with Crippen molar-refractivity contribution < 1.29 is 4.79 Å². The highest BCUT2D eigenvalue weighted by molar-refractivity contribution is 7.99. The molecule has 0 saturated heterocycles. The molecule has 102 valence electrons. The molecule has 0 bridgehead atoms. The second kappa shape index (κ2) is 6.45. The van der Waals surface area contributed by atoms with Gasteiger partial charge in [-0.3, -0.25) is 4.79 Å². The first kappa shape index (κ1) is 14.4. The smallest absolute Gasteiger partial charge is 0.171 e. The number of anilines is 2. The van der Waals surface area contributed by atoms with E-state index >= 15 is 0 Å². The zero-order chi connectivity index (χ0) is 13.8. The van der Waals surface area contributed by atoms with Gasteiger partial charge in [0, 0.05) is 18.3 Å². The number of rotatable bonds is 6. The number of hydrogen-bond donors (Lipinski definition) is 2. The van der Waals surface area contributed by atoms with Crippen LogP contribution >= 0.6 is 34.4 Å². The summed E-state index contributed by atoms with van der Waals surface area (Å²) in [6, 6.07) is 4.19. The van der Waals surface area contributed by atoms with Crippen molar-refractivity contribution in [1.82, 2.24) is 0 Å². The molecule has 0 aliphatic heterocycles. The van der Waals surface area contributed by atoms with E-state index in [1.165, 1.54) is 16.2 Å². The Labute approximate surface area is 125 Å². The summed E-state index contributed by atoms with van der Waals surface area (Å²) in [7, 11) is 0. The lowest BCUT2D eigenvalue weighted by Crippen LogP contribution is -2.03. The van der Waals surface area contributed by atoms with Gasteiger partial charge in [0.2, 0.25) is 0 Å². The van der Waals surface area contributed by atoms with Crippen molar-refractivity contribution in [3.05, 3.63) is 27.3 Å². The van der Waals surface area contributed by atoms with Crippen LogP contribution < -0.4 is 11.1 Å². The van der Waals surface area contributed by atoms with Crippen molar-refractivity contribution in [2.75, 3.05) is 23.9 Å². The lowest BCUT2D eigenvalue weighted by atomic mass is 10.3. The minimum absolute atomic E-state index is 0.0316. The predicted octanol–water partition coefficient (Wildman–Crippen LogP) is 3.97. The molecule has 3 nitrogen and oxygen atoms in total. The SMILES string of the molecule is CSc1c(NCCc2cccs2)sc(C(C)=O)c1N. The zero-order valence-corrected chi connectivity index (χ0v) is 13.3. The van der Waals surface area contributed by atoms with E-state index in [0.29, 0.717) is 10.6 Å². The molecule has 2 heterocycles. The maximum Gasteiger partial charge on any atom is 0.171 e. The summed E-state index contributed by atoms with van der Waals surface area (Å²) >= 11 is 4.80. The first-order valence-electron chi connectivity index (χ1n) is 5.87. The van der Waals surface area contributed by atoms with Crippen LogP contribution in [-0.2, 0) is 6.42 Å². The minimum atomic E-state index is 0.0316. The number of thiophene rings is 2. The molecular formula is C13H16N2OS3. The molecule has 0 aliphatic carbocycles. The van der Waals surface area contributed by atoms with Crippen molar-refractivity contribution >= 4 is 50.9 Å². The monoisotopic (exact) mass is 312 g/mol. The molecule has 19 heavy (non-hydrogen) atoms. The summed E-state index contributed by atoms with van der Waals surface area (Å²) in [4.78, 5) is 14.5. The summed E-state index contributed by atoms with van der Waals surface area (Å²) in [5.74, 6) is 0.0316. The number of thioether (sulfide) groups is 1. The number of carbonyl (C=O) groups is 1. The molecule has 2 aromatic heterocycles. The quantitative estimate of drug-likeness (QED) is 0.626. The van der Waals surface area contributed by atoms with E-state index in [2.05, 4.69) is 22.8 Å². The Kier molecular flexibility index (Phi) is 4.90. The number of carbonyl (C=O) groups excluding carboxylic acids is 1. The van der Waals surface area contributed by atoms with Gasteiger partial charge >= 0.3 is 0 Å². The van der Waals surface area contributed by atoms with E-state index in [1.54, 1.807) is 30.0 Å². The Bertz CT molecular complexity index is 561. The molecule has 3 N–H and O–H groups in total. The maximum absolute atomic E-state index is 11.5. The molecule has 0 fully saturated rings. The molecule has 0 saturated carbocycles. The van der Waals surface area contributed by atoms with Crippen LogP contribution in [0, 0.1) is 0 Å². The van der Waals surface area contributed by atoms with Crippen molar-refractivity contribution in [1.29, 1.82) is 0 Å². The molecule has 2 aromatic rings. The Morgan fingerprint density at radius 2 is 2.32 bits per heavy atom. The molecule has 6 heteroatoms. The Morgan fingerprint density at radius 3 is 2.89 bits per heavy atom. The summed E-state index contributed by atoms with van der Waals surface area (Å²) in [6.07, 6.45) is 2.96. The van der Waals surface area contributed by atoms with Crippen molar-refractivity contribution in [2.45, 2.75) is 18.2 Å². The lowest BCUT2D eigenvalue weighted by Gasteiger charge is -2.05. The molecule has 0 spiro atoms. The van der Waals surface area contributed by atoms with Crippen LogP contribution in [-0.4, -0.2) is 18.6 Å². The Balaban J connectivity index is 2.07. The van der Waals surface area contributed by atoms with Crippen LogP contribution in [0.1, 0.15) is 21.5 Å². The van der Waals surface area contributed by atoms with Gasteiger partial charge in [0.15, 0.2) is 5.78 Å². The number of nitrogens with two attached hydrogens (primary N) is 1. The molecule has 0 atom stereocenters. The van der Waals surface area contributed by atoms with Crippen LogP contribution in [0.2, 0.25) is 0 Å². The van der Waals surface area contributed by atoms with Gasteiger partial charge in [0.1, 0.15) is 5.00 Å². The van der Waals surface area contributed by atoms with Crippen molar-refractivity contribution in [2.24, 2.45) is 0 Å². The van der Waals surface area contributed by atoms with Gasteiger partial charge in [-0.05, 0) is 24.1 Å². The summed E-state index contributed by atoms with van der Waals surface area (Å²) in [6.45, 7) is 2.41. The Hall–Kier alpha value is -0.980. The van der Waals surface area contributed by atoms with Crippen LogP contribution in [0.4, 0.5) is 10.7 Å². The number of nitrogen functional groups attached to an aromatic ring is 1. The largest absolute Gasteiger partial charge is 0.396 e. The highest BCUT2D eigenvalue weighted by Crippen LogP contribution is 2.41. The van der Waals surface area contributed by atoms with Gasteiger partial charge in [0.25, 0.3) is 0 Å². The third-order valence-electron chi connectivity index (χ3n) is 2.66. The van der Waals surface area contributed by atoms with Gasteiger partial charge in [-0.1, -0.05) is 6.07 Å². The van der Waals surface area contributed by atoms with Gasteiger partial charge in [0.05, 0.1) is 15.5 Å². The zero-order valence-electron chi connectivity index (χ0n) is 10.9. The van der Waals surface area contributed by atoms with E-state index in [0.717, 1.165) is 22.9 Å². The highest BCUT2D eigenvalue weighted by atomic mass is 32.2. The number of nitrogens with one attached hydrogen (secondary N) is 1. The number of Topliss-reactive ketones (excluding diaryl/α,β-unsaturated/α-hetero) is 1. The van der Waals surface area contributed by atoms with Gasteiger partial charge in [-0.15, -0.1) is 34.4 Å². The normalized spacial score (nSPS) is 10.6. The van der Waals surface area contributed by atoms with Gasteiger partial charge in [-0.25, -0.2) is 0 Å². The van der Waals surface area contributed by atoms with Crippen molar-refractivity contribution in [3.8, 4) is 0 Å². The average Bonchev–Trinajstić information content (AvgIpc) is 2.97. The van der Waals surface area contributed by atoms with E-state index in [9.17, 15) is 4.79 Å². The third-order valence-corrected chi connectivity index (χ3v) is 5.82. The summed E-state index contributed by atoms with van der Waals surface area (Å²) in [5, 5.41) is 6.48. The van der Waals surface area contributed by atoms with Crippen LogP contribution in [0.25, 0.3) is 0 Å². The van der Waals surface area contributed by atoms with Crippen LogP contribution in [0.5, 0.6) is 0 Å². The molecule has 0 aromatic carbocycles. The number of ketones is 1. The van der Waals surface area contributed by atoms with Gasteiger partial charge in [-0.2, -0.15) is 0 Å². The summed E-state index contributed by atoms with van der Waals surface area (Å²) < 4.78 is 0. The van der Waals surface area contributed by atoms with E-state index in [-0.39, 0.29) is 5.78 Å². The molecule has 0 unspecified atom stereocenters. The van der Waals surface area contributed by atoms with E-state index < -0.39 is 0 Å². The first-order valence-corrected chi connectivity index (χ1v) is 8.79. The first-order chi connectivity index (χ1) is 9.13. The predicted molar refractivity (Wildman–Crippen MR) is 87.0 cm³/mol. The van der Waals surface area contributed by atoms with Crippen LogP contribution in [0.15, 0.2) is 22.4 Å². The fourth-order valence-corrected chi connectivity index (χ4v) is 4.43. The highest BCUT2D eigenvalue weighted by Gasteiger charge is 2.17. The van der Waals surface area contributed by atoms with E-state index in [4.69, 9.17) is 5.73 Å². The fraction of sp³-hybridized carbons (Fsp3) is 0.308. The molecular weight excluding hydrogens is 296 g/mol. The molecule has 0 aliphatic rings. The maximum atomic E-state index is 11.5. The fourth-order valence-electron chi connectivity index (χ4n) is 1.76. The third kappa shape index (κ3) is 3.32. The number of hydrogen-bond acceptors (Lipinski definition) is 6. The summed E-state index contributed by atoms with van der Waals surface area (Å²) in [5.41, 5.74) is 6.63. The molecule has 2 rings (SSSR count). The van der Waals surface area contributed by atoms with Gasteiger partial charge < -0.3 is 11.1 Å². The lowest BCUT2D eigenvalue weighted by molar-refractivity contribution is 0.102. The van der Waals surface area contributed by atoms with Crippen molar-refractivity contribution in [3.63, 3.8) is 0 Å². The van der Waals surface area contributed by atoms with Crippen LogP contribution in [0.3, 0.4) is 0 Å². The molecule has 0 radical (unpaired) electrons. The topological polar surface area (TPSA) is 55.1 Å². The average molecular weight is 312 g/mol. The molecule has 0 amide bonds. The second-order valence-corrected chi connectivity index (χ2v) is 6.89. The standard InChI is InChI=1S/C13H16N2OS3/c1-8(16)11-10(14)12(17-2)13(19-11)15-6-5-9-4-3-7-18-9/h3-4,7,15H,5-6,14H2,1-2H3. The second-order valence-electron chi connectivity index (χ2n) is 4.02. The van der Waals surface area contributed by atoms with E-state index in [1.807, 2.05) is 6.26 Å². The minimum Gasteiger partial charge on any atom is -0.396 e. The Morgan fingerprint density at radius 1 is 1.53 bits per heavy atom.